The van der Waals surface area contributed by atoms with Gasteiger partial charge < -0.3 is 4.90 Å². The Morgan fingerprint density at radius 1 is 1.25 bits per heavy atom. The first-order chi connectivity index (χ1) is 7.50. The quantitative estimate of drug-likeness (QED) is 0.733. The Balaban J connectivity index is 1.90. The fraction of sp³-hybridized carbons (Fsp3) is 0.929. The van der Waals surface area contributed by atoms with Gasteiger partial charge in [0.25, 0.3) is 0 Å². The summed E-state index contributed by atoms with van der Waals surface area (Å²) in [7, 11) is 2.19. The van der Waals surface area contributed by atoms with Crippen molar-refractivity contribution < 1.29 is 4.79 Å². The van der Waals surface area contributed by atoms with Crippen LogP contribution in [0.1, 0.15) is 52.4 Å². The van der Waals surface area contributed by atoms with Crippen LogP contribution in [-0.4, -0.2) is 30.3 Å². The van der Waals surface area contributed by atoms with E-state index in [0.717, 1.165) is 25.4 Å². The smallest absolute Gasteiger partial charge is 0.142 e. The summed E-state index contributed by atoms with van der Waals surface area (Å²) in [5.41, 5.74) is -0.0661. The summed E-state index contributed by atoms with van der Waals surface area (Å²) >= 11 is 0. The summed E-state index contributed by atoms with van der Waals surface area (Å²) in [6, 6.07) is 0.762. The molecule has 0 aromatic rings. The molecule has 2 aliphatic rings. The van der Waals surface area contributed by atoms with Gasteiger partial charge in [0, 0.05) is 23.9 Å². The van der Waals surface area contributed by atoms with E-state index in [-0.39, 0.29) is 5.41 Å². The van der Waals surface area contributed by atoms with Gasteiger partial charge in [-0.3, -0.25) is 4.79 Å². The molecule has 92 valence electrons. The van der Waals surface area contributed by atoms with E-state index in [9.17, 15) is 4.79 Å². The van der Waals surface area contributed by atoms with Crippen molar-refractivity contribution >= 4 is 5.78 Å². The van der Waals surface area contributed by atoms with Crippen LogP contribution in [0.4, 0.5) is 0 Å². The van der Waals surface area contributed by atoms with Gasteiger partial charge in [-0.25, -0.2) is 0 Å². The predicted octanol–water partition coefficient (Wildman–Crippen LogP) is 2.87. The maximum Gasteiger partial charge on any atom is 0.142 e. The third-order valence-electron chi connectivity index (χ3n) is 4.60. The topological polar surface area (TPSA) is 20.3 Å². The van der Waals surface area contributed by atoms with Crippen molar-refractivity contribution in [2.24, 2.45) is 11.3 Å². The SMILES string of the molecule is CN(CC1CCCC(C)(C)C1=O)C1CCC1. The number of carbonyl (C=O) groups excluding carboxylic acids is 1. The molecule has 0 bridgehead atoms. The van der Waals surface area contributed by atoms with Gasteiger partial charge in [-0.05, 0) is 32.7 Å². The molecule has 0 saturated heterocycles. The molecule has 16 heavy (non-hydrogen) atoms. The maximum absolute atomic E-state index is 12.3. The molecule has 0 spiro atoms. The number of Topliss-reactive ketones (excluding diaryl/α,β-unsaturated/α-hetero) is 1. The molecule has 0 N–H and O–H groups in total. The molecule has 2 fully saturated rings. The molecule has 0 aliphatic heterocycles. The van der Waals surface area contributed by atoms with Gasteiger partial charge in [0.05, 0.1) is 0 Å². The Morgan fingerprint density at radius 3 is 2.50 bits per heavy atom. The number of carbonyl (C=O) groups is 1. The standard InChI is InChI=1S/C14H25NO/c1-14(2)9-5-6-11(13(14)16)10-15(3)12-7-4-8-12/h11-12H,4-10H2,1-3H3. The highest BCUT2D eigenvalue weighted by molar-refractivity contribution is 5.87. The summed E-state index contributed by atoms with van der Waals surface area (Å²) in [6.45, 7) is 5.22. The van der Waals surface area contributed by atoms with E-state index in [0.29, 0.717) is 11.7 Å². The molecule has 1 unspecified atom stereocenters. The summed E-state index contributed by atoms with van der Waals surface area (Å²) in [6.07, 6.45) is 7.46. The first-order valence-corrected chi connectivity index (χ1v) is 6.75. The second-order valence-corrected chi connectivity index (χ2v) is 6.36. The van der Waals surface area contributed by atoms with E-state index in [1.54, 1.807) is 0 Å². The molecule has 0 aromatic carbocycles. The summed E-state index contributed by atoms with van der Waals surface area (Å²) in [5.74, 6) is 0.805. The highest BCUT2D eigenvalue weighted by Gasteiger charge is 2.38. The molecule has 2 saturated carbocycles. The molecule has 2 rings (SSSR count). The molecule has 1 atom stereocenters. The fourth-order valence-electron chi connectivity index (χ4n) is 3.10. The minimum atomic E-state index is -0.0661. The minimum Gasteiger partial charge on any atom is -0.303 e. The average Bonchev–Trinajstić information content (AvgIpc) is 2.10. The summed E-state index contributed by atoms with van der Waals surface area (Å²) in [5, 5.41) is 0. The van der Waals surface area contributed by atoms with Crippen LogP contribution in [0.5, 0.6) is 0 Å². The van der Waals surface area contributed by atoms with Crippen molar-refractivity contribution in [1.82, 2.24) is 4.90 Å². The van der Waals surface area contributed by atoms with E-state index in [4.69, 9.17) is 0 Å². The van der Waals surface area contributed by atoms with Gasteiger partial charge >= 0.3 is 0 Å². The normalized spacial score (nSPS) is 30.5. The van der Waals surface area contributed by atoms with Crippen LogP contribution in [0, 0.1) is 11.3 Å². The molecule has 0 amide bonds. The number of hydrogen-bond acceptors (Lipinski definition) is 2. The highest BCUT2D eigenvalue weighted by atomic mass is 16.1. The Bertz CT molecular complexity index is 268. The second-order valence-electron chi connectivity index (χ2n) is 6.36. The van der Waals surface area contributed by atoms with Crippen molar-refractivity contribution in [3.63, 3.8) is 0 Å². The monoisotopic (exact) mass is 223 g/mol. The predicted molar refractivity (Wildman–Crippen MR) is 66.4 cm³/mol. The third kappa shape index (κ3) is 2.32. The largest absolute Gasteiger partial charge is 0.303 e. The van der Waals surface area contributed by atoms with Crippen LogP contribution < -0.4 is 0 Å². The first-order valence-electron chi connectivity index (χ1n) is 6.75. The van der Waals surface area contributed by atoms with Gasteiger partial charge in [0.2, 0.25) is 0 Å². The van der Waals surface area contributed by atoms with E-state index >= 15 is 0 Å². The number of nitrogens with zero attached hydrogens (tertiary/aromatic N) is 1. The van der Waals surface area contributed by atoms with Gasteiger partial charge in [-0.1, -0.05) is 26.7 Å². The molecule has 0 aromatic heterocycles. The molecule has 2 nitrogen and oxygen atoms in total. The van der Waals surface area contributed by atoms with Crippen molar-refractivity contribution in [2.45, 2.75) is 58.4 Å². The van der Waals surface area contributed by atoms with Crippen LogP contribution in [0.2, 0.25) is 0 Å². The summed E-state index contributed by atoms with van der Waals surface area (Å²) in [4.78, 5) is 14.7. The number of rotatable bonds is 3. The van der Waals surface area contributed by atoms with Gasteiger partial charge in [-0.2, -0.15) is 0 Å². The Labute approximate surface area is 99.4 Å². The molecular weight excluding hydrogens is 198 g/mol. The lowest BCUT2D eigenvalue weighted by Crippen LogP contribution is -2.45. The van der Waals surface area contributed by atoms with Gasteiger partial charge in [-0.15, -0.1) is 0 Å². The van der Waals surface area contributed by atoms with E-state index in [1.165, 1.54) is 25.7 Å². The number of ketones is 1. The average molecular weight is 223 g/mol. The van der Waals surface area contributed by atoms with Gasteiger partial charge in [0.1, 0.15) is 5.78 Å². The molecule has 0 heterocycles. The molecule has 0 radical (unpaired) electrons. The van der Waals surface area contributed by atoms with Gasteiger partial charge in [0.15, 0.2) is 0 Å². The van der Waals surface area contributed by atoms with Crippen LogP contribution in [-0.2, 0) is 4.79 Å². The zero-order valence-electron chi connectivity index (χ0n) is 11.0. The molecule has 2 aliphatic carbocycles. The van der Waals surface area contributed by atoms with Crippen LogP contribution in [0.25, 0.3) is 0 Å². The van der Waals surface area contributed by atoms with Crippen LogP contribution >= 0.6 is 0 Å². The Hall–Kier alpha value is -0.370. The van der Waals surface area contributed by atoms with Crippen LogP contribution in [0.15, 0.2) is 0 Å². The fourth-order valence-corrected chi connectivity index (χ4v) is 3.10. The molecular formula is C14H25NO. The minimum absolute atomic E-state index is 0.0661. The van der Waals surface area contributed by atoms with E-state index in [1.807, 2.05) is 0 Å². The first kappa shape index (κ1) is 12.1. The number of hydrogen-bond donors (Lipinski definition) is 0. The van der Waals surface area contributed by atoms with E-state index in [2.05, 4.69) is 25.8 Å². The van der Waals surface area contributed by atoms with E-state index < -0.39 is 0 Å². The maximum atomic E-state index is 12.3. The Morgan fingerprint density at radius 2 is 1.94 bits per heavy atom. The molecule has 2 heteroatoms. The Kier molecular flexibility index (Phi) is 3.39. The second kappa shape index (κ2) is 4.48. The summed E-state index contributed by atoms with van der Waals surface area (Å²) < 4.78 is 0. The lowest BCUT2D eigenvalue weighted by molar-refractivity contribution is -0.135. The van der Waals surface area contributed by atoms with Crippen molar-refractivity contribution in [1.29, 1.82) is 0 Å². The lowest BCUT2D eigenvalue weighted by Gasteiger charge is -2.40. The van der Waals surface area contributed by atoms with Crippen LogP contribution in [0.3, 0.4) is 0 Å². The van der Waals surface area contributed by atoms with Crippen molar-refractivity contribution in [3.8, 4) is 0 Å². The van der Waals surface area contributed by atoms with Crippen molar-refractivity contribution in [3.05, 3.63) is 0 Å². The zero-order chi connectivity index (χ0) is 11.8. The highest BCUT2D eigenvalue weighted by Crippen LogP contribution is 2.36. The van der Waals surface area contributed by atoms with Crippen molar-refractivity contribution in [2.75, 3.05) is 13.6 Å². The third-order valence-corrected chi connectivity index (χ3v) is 4.60. The zero-order valence-corrected chi connectivity index (χ0v) is 11.0. The lowest BCUT2D eigenvalue weighted by atomic mass is 9.70.